The number of hydrogen-bond donors (Lipinski definition) is 2. The second kappa shape index (κ2) is 6.32. The van der Waals surface area contributed by atoms with Crippen molar-refractivity contribution >= 4 is 0 Å². The first-order valence-corrected chi connectivity index (χ1v) is 5.24. The van der Waals surface area contributed by atoms with E-state index in [0.717, 1.165) is 5.56 Å². The topological polar surface area (TPSA) is 68.2 Å². The monoisotopic (exact) mass is 242 g/mol. The van der Waals surface area contributed by atoms with E-state index in [9.17, 15) is 5.11 Å². The summed E-state index contributed by atoms with van der Waals surface area (Å²) in [6.07, 6.45) is -0.467. The molecule has 0 bridgehead atoms. The molecule has 0 amide bonds. The van der Waals surface area contributed by atoms with E-state index in [1.165, 1.54) is 21.3 Å². The Labute approximate surface area is 101 Å². The van der Waals surface area contributed by atoms with Gasteiger partial charge < -0.3 is 24.4 Å². The van der Waals surface area contributed by atoms with E-state index in [4.69, 9.17) is 19.3 Å². The van der Waals surface area contributed by atoms with Gasteiger partial charge in [-0.25, -0.2) is 0 Å². The molecule has 96 valence electrons. The molecule has 0 aliphatic carbocycles. The number of methoxy groups -OCH3 is 3. The highest BCUT2D eigenvalue weighted by molar-refractivity contribution is 5.53. The minimum Gasteiger partial charge on any atom is -0.493 e. The third-order valence-electron chi connectivity index (χ3n) is 2.41. The molecule has 0 aliphatic rings. The average molecular weight is 242 g/mol. The minimum absolute atomic E-state index is 0.281. The van der Waals surface area contributed by atoms with Gasteiger partial charge in [-0.3, -0.25) is 0 Å². The fourth-order valence-corrected chi connectivity index (χ4v) is 1.59. The predicted octanol–water partition coefficient (Wildman–Crippen LogP) is 0.608. The van der Waals surface area contributed by atoms with Gasteiger partial charge in [0.25, 0.3) is 0 Å². The lowest BCUT2D eigenvalue weighted by Crippen LogP contribution is -2.15. The lowest BCUT2D eigenvalue weighted by molar-refractivity contribution is 0.0954. The van der Waals surface area contributed by atoms with Gasteiger partial charge in [-0.05, 0) is 17.7 Å². The summed E-state index contributed by atoms with van der Waals surface area (Å²) in [6, 6.07) is 3.50. The Kier molecular flexibility index (Phi) is 5.06. The summed E-state index contributed by atoms with van der Waals surface area (Å²) in [5.74, 6) is 1.58. The molecule has 5 heteroatoms. The van der Waals surface area contributed by atoms with E-state index < -0.39 is 6.10 Å². The maximum Gasteiger partial charge on any atom is 0.203 e. The van der Waals surface area contributed by atoms with Crippen LogP contribution in [0.5, 0.6) is 17.2 Å². The van der Waals surface area contributed by atoms with Crippen LogP contribution >= 0.6 is 0 Å². The van der Waals surface area contributed by atoms with Crippen LogP contribution in [0.4, 0.5) is 0 Å². The number of aliphatic hydroxyl groups is 2. The van der Waals surface area contributed by atoms with Gasteiger partial charge in [0, 0.05) is 6.42 Å². The molecular weight excluding hydrogens is 224 g/mol. The van der Waals surface area contributed by atoms with Gasteiger partial charge in [0.15, 0.2) is 11.5 Å². The molecule has 1 atom stereocenters. The first kappa shape index (κ1) is 13.6. The number of ether oxygens (including phenoxy) is 3. The third kappa shape index (κ3) is 3.25. The Hall–Kier alpha value is -1.46. The number of aliphatic hydroxyl groups excluding tert-OH is 2. The summed E-state index contributed by atoms with van der Waals surface area (Å²) >= 11 is 0. The van der Waals surface area contributed by atoms with Crippen molar-refractivity contribution in [3.05, 3.63) is 17.7 Å². The average Bonchev–Trinajstić information content (AvgIpc) is 2.37. The quantitative estimate of drug-likeness (QED) is 0.765. The highest BCUT2D eigenvalue weighted by Gasteiger charge is 2.14. The van der Waals surface area contributed by atoms with Crippen LogP contribution in [0.15, 0.2) is 12.1 Å². The third-order valence-corrected chi connectivity index (χ3v) is 2.41. The van der Waals surface area contributed by atoms with E-state index in [-0.39, 0.29) is 6.61 Å². The van der Waals surface area contributed by atoms with E-state index in [2.05, 4.69) is 0 Å². The van der Waals surface area contributed by atoms with Gasteiger partial charge in [0.1, 0.15) is 0 Å². The minimum atomic E-state index is -0.794. The summed E-state index contributed by atoms with van der Waals surface area (Å²) in [5, 5.41) is 18.2. The van der Waals surface area contributed by atoms with Crippen molar-refractivity contribution in [2.45, 2.75) is 12.5 Å². The molecule has 0 heterocycles. The molecule has 0 unspecified atom stereocenters. The van der Waals surface area contributed by atoms with Crippen molar-refractivity contribution in [1.29, 1.82) is 0 Å². The van der Waals surface area contributed by atoms with Crippen LogP contribution in [0.1, 0.15) is 5.56 Å². The molecule has 17 heavy (non-hydrogen) atoms. The van der Waals surface area contributed by atoms with Crippen LogP contribution in [0, 0.1) is 0 Å². The van der Waals surface area contributed by atoms with Crippen LogP contribution in [0.25, 0.3) is 0 Å². The molecule has 0 saturated carbocycles. The van der Waals surface area contributed by atoms with Gasteiger partial charge in [0.2, 0.25) is 5.75 Å². The summed E-state index contributed by atoms with van der Waals surface area (Å²) in [4.78, 5) is 0. The molecule has 0 radical (unpaired) electrons. The molecule has 1 aromatic rings. The molecule has 0 aromatic heterocycles. The van der Waals surface area contributed by atoms with Crippen molar-refractivity contribution < 1.29 is 24.4 Å². The number of benzene rings is 1. The fraction of sp³-hybridized carbons (Fsp3) is 0.500. The predicted molar refractivity (Wildman–Crippen MR) is 62.9 cm³/mol. The van der Waals surface area contributed by atoms with Gasteiger partial charge in [-0.2, -0.15) is 0 Å². The second-order valence-corrected chi connectivity index (χ2v) is 3.57. The molecule has 1 aromatic carbocycles. The molecule has 0 spiro atoms. The fourth-order valence-electron chi connectivity index (χ4n) is 1.59. The summed E-state index contributed by atoms with van der Waals surface area (Å²) < 4.78 is 15.6. The Morgan fingerprint density at radius 1 is 1.06 bits per heavy atom. The van der Waals surface area contributed by atoms with Gasteiger partial charge in [-0.15, -0.1) is 0 Å². The second-order valence-electron chi connectivity index (χ2n) is 3.57. The van der Waals surface area contributed by atoms with Crippen molar-refractivity contribution in [2.24, 2.45) is 0 Å². The van der Waals surface area contributed by atoms with E-state index in [1.807, 2.05) is 0 Å². The molecule has 5 nitrogen and oxygen atoms in total. The molecule has 1 rings (SSSR count). The zero-order valence-corrected chi connectivity index (χ0v) is 10.3. The molecule has 2 N–H and O–H groups in total. The first-order valence-electron chi connectivity index (χ1n) is 5.24. The standard InChI is InChI=1S/C12H18O5/c1-15-10-5-8(4-9(14)7-13)6-11(16-2)12(10)17-3/h5-6,9,13-14H,4,7H2,1-3H3/t9-/m1/s1. The van der Waals surface area contributed by atoms with Crippen LogP contribution in [-0.4, -0.2) is 44.3 Å². The molecule has 0 saturated heterocycles. The van der Waals surface area contributed by atoms with Crippen LogP contribution < -0.4 is 14.2 Å². The summed E-state index contributed by atoms with van der Waals surface area (Å²) in [6.45, 7) is -0.281. The van der Waals surface area contributed by atoms with Crippen molar-refractivity contribution in [3.8, 4) is 17.2 Å². The molecule has 0 fully saturated rings. The summed E-state index contributed by atoms with van der Waals surface area (Å²) in [7, 11) is 4.59. The maximum atomic E-state index is 9.40. The largest absolute Gasteiger partial charge is 0.493 e. The van der Waals surface area contributed by atoms with Gasteiger partial charge in [-0.1, -0.05) is 0 Å². The smallest absolute Gasteiger partial charge is 0.203 e. The highest BCUT2D eigenvalue weighted by Crippen LogP contribution is 2.38. The SMILES string of the molecule is COc1cc(C[C@@H](O)CO)cc(OC)c1OC. The normalized spacial score (nSPS) is 12.1. The van der Waals surface area contributed by atoms with Crippen molar-refractivity contribution in [2.75, 3.05) is 27.9 Å². The molecular formula is C12H18O5. The lowest BCUT2D eigenvalue weighted by atomic mass is 10.1. The maximum absolute atomic E-state index is 9.40. The van der Waals surface area contributed by atoms with Crippen LogP contribution in [-0.2, 0) is 6.42 Å². The Balaban J connectivity index is 3.08. The number of rotatable bonds is 6. The highest BCUT2D eigenvalue weighted by atomic mass is 16.5. The van der Waals surface area contributed by atoms with Gasteiger partial charge in [0.05, 0.1) is 34.0 Å². The van der Waals surface area contributed by atoms with E-state index in [1.54, 1.807) is 12.1 Å². The van der Waals surface area contributed by atoms with E-state index >= 15 is 0 Å². The zero-order valence-electron chi connectivity index (χ0n) is 10.3. The number of hydrogen-bond acceptors (Lipinski definition) is 5. The van der Waals surface area contributed by atoms with Crippen molar-refractivity contribution in [3.63, 3.8) is 0 Å². The Morgan fingerprint density at radius 2 is 1.59 bits per heavy atom. The Bertz CT molecular complexity index is 339. The molecule has 0 aliphatic heterocycles. The van der Waals surface area contributed by atoms with Gasteiger partial charge >= 0.3 is 0 Å². The summed E-state index contributed by atoms with van der Waals surface area (Å²) in [5.41, 5.74) is 0.807. The van der Waals surface area contributed by atoms with Crippen LogP contribution in [0.3, 0.4) is 0 Å². The zero-order chi connectivity index (χ0) is 12.8. The van der Waals surface area contributed by atoms with E-state index in [0.29, 0.717) is 23.7 Å². The van der Waals surface area contributed by atoms with Crippen LogP contribution in [0.2, 0.25) is 0 Å². The first-order chi connectivity index (χ1) is 8.15. The Morgan fingerprint density at radius 3 is 1.94 bits per heavy atom. The lowest BCUT2D eigenvalue weighted by Gasteiger charge is -2.15. The van der Waals surface area contributed by atoms with Crippen molar-refractivity contribution in [1.82, 2.24) is 0 Å².